The number of benzene rings is 1. The Hall–Kier alpha value is -1.80. The number of methoxy groups -OCH3 is 1. The van der Waals surface area contributed by atoms with Crippen molar-refractivity contribution in [3.05, 3.63) is 34.1 Å². The van der Waals surface area contributed by atoms with E-state index in [0.717, 1.165) is 39.4 Å². The van der Waals surface area contributed by atoms with Gasteiger partial charge in [0.05, 0.1) is 25.3 Å². The number of aryl methyl sites for hydroxylation is 1. The minimum absolute atomic E-state index is 0.334. The summed E-state index contributed by atoms with van der Waals surface area (Å²) in [7, 11) is 3.60. The first-order valence-electron chi connectivity index (χ1n) is 6.37. The highest BCUT2D eigenvalue weighted by atomic mass is 79.9. The predicted molar refractivity (Wildman–Crippen MR) is 81.6 cm³/mol. The van der Waals surface area contributed by atoms with Crippen molar-refractivity contribution < 1.29 is 4.74 Å². The number of aromatic nitrogens is 2. The van der Waals surface area contributed by atoms with Crippen molar-refractivity contribution in [2.24, 2.45) is 7.05 Å². The molecule has 0 radical (unpaired) electrons. The van der Waals surface area contributed by atoms with Crippen LogP contribution in [0.3, 0.4) is 0 Å². The minimum Gasteiger partial charge on any atom is -0.496 e. The predicted octanol–water partition coefficient (Wildman–Crippen LogP) is 3.49. The Morgan fingerprint density at radius 1 is 1.45 bits per heavy atom. The Balaban J connectivity index is 2.52. The second-order valence-electron chi connectivity index (χ2n) is 4.45. The third-order valence-corrected chi connectivity index (χ3v) is 3.97. The Kier molecular flexibility index (Phi) is 4.46. The fraction of sp³-hybridized carbons (Fsp3) is 0.333. The Labute approximate surface area is 127 Å². The van der Waals surface area contributed by atoms with E-state index in [9.17, 15) is 0 Å². The standard InChI is InChI=1S/C15H16BrN3O/c1-4-10-9-11(5-6-13(10)20-3)15-18-14(16)12(7-8-17)19(15)2/h5-6,9H,4,7H2,1-3H3. The van der Waals surface area contributed by atoms with E-state index in [1.165, 1.54) is 0 Å². The maximum Gasteiger partial charge on any atom is 0.141 e. The lowest BCUT2D eigenvalue weighted by Crippen LogP contribution is -1.99. The average Bonchev–Trinajstić information content (AvgIpc) is 2.75. The highest BCUT2D eigenvalue weighted by molar-refractivity contribution is 9.10. The normalized spacial score (nSPS) is 10.3. The number of hydrogen-bond donors (Lipinski definition) is 0. The van der Waals surface area contributed by atoms with Crippen LogP contribution in [0.15, 0.2) is 22.8 Å². The third-order valence-electron chi connectivity index (χ3n) is 3.33. The maximum absolute atomic E-state index is 8.87. The number of nitrogens with zero attached hydrogens (tertiary/aromatic N) is 3. The molecule has 0 aliphatic carbocycles. The molecular weight excluding hydrogens is 318 g/mol. The topological polar surface area (TPSA) is 50.8 Å². The summed E-state index contributed by atoms with van der Waals surface area (Å²) in [5, 5.41) is 8.87. The molecule has 0 spiro atoms. The molecule has 1 aromatic heterocycles. The van der Waals surface area contributed by atoms with Crippen molar-refractivity contribution in [1.29, 1.82) is 5.26 Å². The largest absolute Gasteiger partial charge is 0.496 e. The first kappa shape index (κ1) is 14.6. The van der Waals surface area contributed by atoms with Crippen LogP contribution in [-0.4, -0.2) is 16.7 Å². The Morgan fingerprint density at radius 3 is 2.80 bits per heavy atom. The number of rotatable bonds is 4. The smallest absolute Gasteiger partial charge is 0.141 e. The lowest BCUT2D eigenvalue weighted by Gasteiger charge is -2.09. The van der Waals surface area contributed by atoms with Crippen LogP contribution in [0.2, 0.25) is 0 Å². The van der Waals surface area contributed by atoms with Gasteiger partial charge in [-0.15, -0.1) is 0 Å². The first-order chi connectivity index (χ1) is 9.62. The van der Waals surface area contributed by atoms with Crippen LogP contribution in [0.1, 0.15) is 18.2 Å². The van der Waals surface area contributed by atoms with Crippen molar-refractivity contribution >= 4 is 15.9 Å². The van der Waals surface area contributed by atoms with Crippen molar-refractivity contribution in [1.82, 2.24) is 9.55 Å². The molecule has 0 saturated carbocycles. The molecule has 0 bridgehead atoms. The molecule has 2 aromatic rings. The number of ether oxygens (including phenoxy) is 1. The molecule has 0 unspecified atom stereocenters. The lowest BCUT2D eigenvalue weighted by molar-refractivity contribution is 0.410. The van der Waals surface area contributed by atoms with E-state index in [1.807, 2.05) is 23.7 Å². The van der Waals surface area contributed by atoms with Crippen molar-refractivity contribution in [2.75, 3.05) is 7.11 Å². The highest BCUT2D eigenvalue weighted by Crippen LogP contribution is 2.29. The van der Waals surface area contributed by atoms with Gasteiger partial charge in [0.1, 0.15) is 16.2 Å². The maximum atomic E-state index is 8.87. The molecule has 0 atom stereocenters. The van der Waals surface area contributed by atoms with Crippen LogP contribution in [0.5, 0.6) is 5.75 Å². The van der Waals surface area contributed by atoms with Gasteiger partial charge < -0.3 is 9.30 Å². The summed E-state index contributed by atoms with van der Waals surface area (Å²) in [5.41, 5.74) is 3.05. The first-order valence-corrected chi connectivity index (χ1v) is 7.17. The summed E-state index contributed by atoms with van der Waals surface area (Å²) in [6, 6.07) is 8.20. The van der Waals surface area contributed by atoms with E-state index >= 15 is 0 Å². The zero-order chi connectivity index (χ0) is 14.7. The monoisotopic (exact) mass is 333 g/mol. The van der Waals surface area contributed by atoms with Crippen LogP contribution in [-0.2, 0) is 19.9 Å². The second kappa shape index (κ2) is 6.10. The fourth-order valence-corrected chi connectivity index (χ4v) is 2.79. The van der Waals surface area contributed by atoms with Crippen LogP contribution < -0.4 is 4.74 Å². The molecule has 4 nitrogen and oxygen atoms in total. The summed E-state index contributed by atoms with van der Waals surface area (Å²) in [6.07, 6.45) is 1.23. The highest BCUT2D eigenvalue weighted by Gasteiger charge is 2.15. The van der Waals surface area contributed by atoms with Gasteiger partial charge in [0.15, 0.2) is 0 Å². The van der Waals surface area contributed by atoms with Crippen LogP contribution in [0.25, 0.3) is 11.4 Å². The molecule has 2 rings (SSSR count). The summed E-state index contributed by atoms with van der Waals surface area (Å²) in [6.45, 7) is 2.09. The number of nitriles is 1. The van der Waals surface area contributed by atoms with Crippen molar-refractivity contribution in [3.8, 4) is 23.2 Å². The molecule has 1 heterocycles. The molecule has 104 valence electrons. The van der Waals surface area contributed by atoms with Crippen molar-refractivity contribution in [3.63, 3.8) is 0 Å². The summed E-state index contributed by atoms with van der Waals surface area (Å²) >= 11 is 3.42. The SMILES string of the molecule is CCc1cc(-c2nc(Br)c(CC#N)n2C)ccc1OC. The quantitative estimate of drug-likeness (QED) is 0.860. The molecule has 0 aliphatic rings. The van der Waals surface area contributed by atoms with Gasteiger partial charge in [0, 0.05) is 12.6 Å². The fourth-order valence-electron chi connectivity index (χ4n) is 2.22. The van der Waals surface area contributed by atoms with Crippen LogP contribution in [0, 0.1) is 11.3 Å². The molecule has 0 fully saturated rings. The molecule has 0 amide bonds. The molecule has 20 heavy (non-hydrogen) atoms. The van der Waals surface area contributed by atoms with E-state index in [0.29, 0.717) is 6.42 Å². The van der Waals surface area contributed by atoms with Gasteiger partial charge in [-0.05, 0) is 46.1 Å². The number of imidazole rings is 1. The molecule has 0 saturated heterocycles. The van der Waals surface area contributed by atoms with E-state index < -0.39 is 0 Å². The summed E-state index contributed by atoms with van der Waals surface area (Å²) in [5.74, 6) is 1.74. The lowest BCUT2D eigenvalue weighted by atomic mass is 10.1. The molecule has 1 aromatic carbocycles. The second-order valence-corrected chi connectivity index (χ2v) is 5.20. The third kappa shape index (κ3) is 2.56. The van der Waals surface area contributed by atoms with E-state index in [2.05, 4.69) is 40.0 Å². The number of hydrogen-bond acceptors (Lipinski definition) is 3. The Morgan fingerprint density at radius 2 is 2.20 bits per heavy atom. The zero-order valence-electron chi connectivity index (χ0n) is 11.8. The van der Waals surface area contributed by atoms with E-state index in [-0.39, 0.29) is 0 Å². The van der Waals surface area contributed by atoms with Gasteiger partial charge in [-0.1, -0.05) is 6.92 Å². The van der Waals surface area contributed by atoms with Crippen molar-refractivity contribution in [2.45, 2.75) is 19.8 Å². The number of halogens is 1. The van der Waals surface area contributed by atoms with Crippen LogP contribution in [0.4, 0.5) is 0 Å². The molecule has 0 aliphatic heterocycles. The van der Waals surface area contributed by atoms with Gasteiger partial charge >= 0.3 is 0 Å². The van der Waals surface area contributed by atoms with Gasteiger partial charge in [-0.3, -0.25) is 0 Å². The summed E-state index contributed by atoms with van der Waals surface area (Å²) in [4.78, 5) is 4.52. The van der Waals surface area contributed by atoms with Gasteiger partial charge in [-0.2, -0.15) is 5.26 Å². The van der Waals surface area contributed by atoms with Gasteiger partial charge in [-0.25, -0.2) is 4.98 Å². The van der Waals surface area contributed by atoms with Gasteiger partial charge in [0.2, 0.25) is 0 Å². The van der Waals surface area contributed by atoms with E-state index in [1.54, 1.807) is 7.11 Å². The molecule has 5 heteroatoms. The Bertz CT molecular complexity index is 670. The van der Waals surface area contributed by atoms with E-state index in [4.69, 9.17) is 10.00 Å². The summed E-state index contributed by atoms with van der Waals surface area (Å²) < 4.78 is 8.03. The molecular formula is C15H16BrN3O. The average molecular weight is 334 g/mol. The van der Waals surface area contributed by atoms with Gasteiger partial charge in [0.25, 0.3) is 0 Å². The minimum atomic E-state index is 0.334. The van der Waals surface area contributed by atoms with Crippen LogP contribution >= 0.6 is 15.9 Å². The zero-order valence-corrected chi connectivity index (χ0v) is 13.4. The molecule has 0 N–H and O–H groups in total.